The fraction of sp³-hybridized carbons (Fsp3) is 0.850. The SMILES string of the molecule is COC(=O)[C@@H](N)C(CCCNC(=O)OC(C)(C)C)OCCCNC(=O)OC(C)(C)C. The van der Waals surface area contributed by atoms with Gasteiger partial charge in [-0.2, -0.15) is 0 Å². The molecule has 0 rings (SSSR count). The number of rotatable bonds is 11. The summed E-state index contributed by atoms with van der Waals surface area (Å²) in [6.45, 7) is 11.7. The standard InChI is InChI=1S/C20H39N3O7/c1-19(2,3)29-17(25)22-11-8-10-14(15(21)16(24)27-7)28-13-9-12-23-18(26)30-20(4,5)6/h14-15H,8-13,21H2,1-7H3,(H,22,25)(H,23,26)/t14?,15-/m0/s1. The first-order valence-electron chi connectivity index (χ1n) is 10.1. The molecule has 10 heteroatoms. The Balaban J connectivity index is 4.35. The Labute approximate surface area is 179 Å². The van der Waals surface area contributed by atoms with Gasteiger partial charge in [0.05, 0.1) is 13.2 Å². The molecule has 0 fully saturated rings. The Morgan fingerprint density at radius 3 is 1.77 bits per heavy atom. The lowest BCUT2D eigenvalue weighted by Crippen LogP contribution is -2.45. The van der Waals surface area contributed by atoms with Gasteiger partial charge in [-0.1, -0.05) is 0 Å². The molecule has 10 nitrogen and oxygen atoms in total. The lowest BCUT2D eigenvalue weighted by atomic mass is 10.1. The molecule has 30 heavy (non-hydrogen) atoms. The summed E-state index contributed by atoms with van der Waals surface area (Å²) >= 11 is 0. The molecule has 2 atom stereocenters. The van der Waals surface area contributed by atoms with E-state index in [1.165, 1.54) is 7.11 Å². The maximum Gasteiger partial charge on any atom is 0.407 e. The van der Waals surface area contributed by atoms with Crippen molar-refractivity contribution >= 4 is 18.2 Å². The van der Waals surface area contributed by atoms with Crippen molar-refractivity contribution in [1.29, 1.82) is 0 Å². The van der Waals surface area contributed by atoms with Crippen LogP contribution in [0.1, 0.15) is 60.8 Å². The number of amides is 2. The molecule has 0 saturated heterocycles. The summed E-state index contributed by atoms with van der Waals surface area (Å²) in [6, 6.07) is -0.949. The third-order valence-corrected chi connectivity index (χ3v) is 3.53. The van der Waals surface area contributed by atoms with E-state index < -0.39 is 41.5 Å². The van der Waals surface area contributed by atoms with E-state index in [-0.39, 0.29) is 6.61 Å². The second kappa shape index (κ2) is 13.3. The number of hydrogen-bond donors (Lipinski definition) is 3. The minimum Gasteiger partial charge on any atom is -0.468 e. The number of nitrogens with two attached hydrogens (primary N) is 1. The van der Waals surface area contributed by atoms with Gasteiger partial charge in [0.25, 0.3) is 0 Å². The molecule has 0 aliphatic rings. The highest BCUT2D eigenvalue weighted by Crippen LogP contribution is 2.10. The van der Waals surface area contributed by atoms with E-state index in [4.69, 9.17) is 24.7 Å². The first-order chi connectivity index (χ1) is 13.7. The molecule has 0 saturated carbocycles. The van der Waals surface area contributed by atoms with Gasteiger partial charge in [0.1, 0.15) is 17.2 Å². The lowest BCUT2D eigenvalue weighted by molar-refractivity contribution is -0.146. The first-order valence-corrected chi connectivity index (χ1v) is 10.1. The summed E-state index contributed by atoms with van der Waals surface area (Å²) in [5.74, 6) is -0.577. The summed E-state index contributed by atoms with van der Waals surface area (Å²) in [4.78, 5) is 35.0. The molecule has 0 aliphatic heterocycles. The van der Waals surface area contributed by atoms with Gasteiger partial charge in [0.15, 0.2) is 0 Å². The molecule has 0 radical (unpaired) electrons. The highest BCUT2D eigenvalue weighted by atomic mass is 16.6. The molecule has 0 heterocycles. The number of methoxy groups -OCH3 is 1. The molecule has 0 aromatic rings. The normalized spacial score (nSPS) is 13.7. The van der Waals surface area contributed by atoms with E-state index >= 15 is 0 Å². The number of alkyl carbamates (subject to hydrolysis) is 2. The van der Waals surface area contributed by atoms with Gasteiger partial charge < -0.3 is 35.3 Å². The molecule has 0 aliphatic carbocycles. The van der Waals surface area contributed by atoms with Crippen LogP contribution >= 0.6 is 0 Å². The van der Waals surface area contributed by atoms with Crippen LogP contribution in [0.4, 0.5) is 9.59 Å². The molecule has 176 valence electrons. The van der Waals surface area contributed by atoms with Gasteiger partial charge in [-0.05, 0) is 60.8 Å². The molecule has 0 spiro atoms. The second-order valence-corrected chi connectivity index (χ2v) is 8.81. The van der Waals surface area contributed by atoms with Crippen LogP contribution in [0.15, 0.2) is 0 Å². The zero-order valence-electron chi connectivity index (χ0n) is 19.3. The smallest absolute Gasteiger partial charge is 0.407 e. The first kappa shape index (κ1) is 27.9. The summed E-state index contributed by atoms with van der Waals surface area (Å²) in [7, 11) is 1.26. The maximum absolute atomic E-state index is 11.8. The van der Waals surface area contributed by atoms with Crippen molar-refractivity contribution in [2.45, 2.75) is 84.2 Å². The number of ether oxygens (including phenoxy) is 4. The highest BCUT2D eigenvalue weighted by molar-refractivity contribution is 5.76. The average Bonchev–Trinajstić information content (AvgIpc) is 2.58. The molecular formula is C20H39N3O7. The Morgan fingerprint density at radius 2 is 1.33 bits per heavy atom. The maximum atomic E-state index is 11.8. The minimum atomic E-state index is -0.949. The summed E-state index contributed by atoms with van der Waals surface area (Å²) in [6.07, 6.45) is -0.112. The molecule has 4 N–H and O–H groups in total. The van der Waals surface area contributed by atoms with Crippen LogP contribution in [-0.4, -0.2) is 68.3 Å². The average molecular weight is 434 g/mol. The molecule has 1 unspecified atom stereocenters. The second-order valence-electron chi connectivity index (χ2n) is 8.81. The predicted molar refractivity (Wildman–Crippen MR) is 112 cm³/mol. The van der Waals surface area contributed by atoms with Crippen molar-refractivity contribution in [2.24, 2.45) is 5.73 Å². The lowest BCUT2D eigenvalue weighted by Gasteiger charge is -2.23. The number of nitrogens with one attached hydrogen (secondary N) is 2. The topological polar surface area (TPSA) is 138 Å². The van der Waals surface area contributed by atoms with E-state index in [0.717, 1.165) is 0 Å². The van der Waals surface area contributed by atoms with Crippen molar-refractivity contribution in [1.82, 2.24) is 10.6 Å². The molecule has 0 bridgehead atoms. The zero-order valence-corrected chi connectivity index (χ0v) is 19.3. The van der Waals surface area contributed by atoms with E-state index in [0.29, 0.717) is 32.4 Å². The quantitative estimate of drug-likeness (QED) is 0.256. The Bertz CT molecular complexity index is 541. The van der Waals surface area contributed by atoms with Crippen molar-refractivity contribution in [3.63, 3.8) is 0 Å². The van der Waals surface area contributed by atoms with Crippen molar-refractivity contribution in [3.8, 4) is 0 Å². The van der Waals surface area contributed by atoms with E-state index in [1.54, 1.807) is 41.5 Å². The Hall–Kier alpha value is -2.07. The number of hydrogen-bond acceptors (Lipinski definition) is 8. The Morgan fingerprint density at radius 1 is 0.867 bits per heavy atom. The molecular weight excluding hydrogens is 394 g/mol. The van der Waals surface area contributed by atoms with Crippen LogP contribution in [0.25, 0.3) is 0 Å². The largest absolute Gasteiger partial charge is 0.468 e. The van der Waals surface area contributed by atoms with Crippen molar-refractivity contribution < 1.29 is 33.3 Å². The van der Waals surface area contributed by atoms with Gasteiger partial charge in [0, 0.05) is 19.7 Å². The molecule has 0 aromatic heterocycles. The van der Waals surface area contributed by atoms with Crippen LogP contribution in [-0.2, 0) is 23.7 Å². The van der Waals surface area contributed by atoms with Crippen LogP contribution in [0.3, 0.4) is 0 Å². The highest BCUT2D eigenvalue weighted by Gasteiger charge is 2.26. The third kappa shape index (κ3) is 14.9. The summed E-state index contributed by atoms with van der Waals surface area (Å²) in [5.41, 5.74) is 4.79. The van der Waals surface area contributed by atoms with Crippen LogP contribution in [0.2, 0.25) is 0 Å². The van der Waals surface area contributed by atoms with Gasteiger partial charge >= 0.3 is 18.2 Å². The molecule has 2 amide bonds. The van der Waals surface area contributed by atoms with Gasteiger partial charge in [-0.25, -0.2) is 9.59 Å². The van der Waals surface area contributed by atoms with E-state index in [9.17, 15) is 14.4 Å². The fourth-order valence-corrected chi connectivity index (χ4v) is 2.27. The summed E-state index contributed by atoms with van der Waals surface area (Å²) in [5, 5.41) is 5.28. The monoisotopic (exact) mass is 433 g/mol. The Kier molecular flexibility index (Phi) is 12.4. The van der Waals surface area contributed by atoms with Crippen LogP contribution < -0.4 is 16.4 Å². The van der Waals surface area contributed by atoms with Gasteiger partial charge in [-0.15, -0.1) is 0 Å². The molecule has 0 aromatic carbocycles. The van der Waals surface area contributed by atoms with Crippen LogP contribution in [0.5, 0.6) is 0 Å². The van der Waals surface area contributed by atoms with E-state index in [2.05, 4.69) is 10.6 Å². The zero-order chi connectivity index (χ0) is 23.4. The fourth-order valence-electron chi connectivity index (χ4n) is 2.27. The minimum absolute atomic E-state index is 0.282. The third-order valence-electron chi connectivity index (χ3n) is 3.53. The van der Waals surface area contributed by atoms with Gasteiger partial charge in [-0.3, -0.25) is 4.79 Å². The van der Waals surface area contributed by atoms with Gasteiger partial charge in [0.2, 0.25) is 0 Å². The van der Waals surface area contributed by atoms with Crippen molar-refractivity contribution in [3.05, 3.63) is 0 Å². The predicted octanol–water partition coefficient (Wildman–Crippen LogP) is 2.09. The number of carbonyl (C=O) groups is 3. The number of esters is 1. The van der Waals surface area contributed by atoms with Crippen LogP contribution in [0, 0.1) is 0 Å². The van der Waals surface area contributed by atoms with E-state index in [1.807, 2.05) is 0 Å². The van der Waals surface area contributed by atoms with Crippen molar-refractivity contribution in [2.75, 3.05) is 26.8 Å². The number of carbonyl (C=O) groups excluding carboxylic acids is 3. The summed E-state index contributed by atoms with van der Waals surface area (Å²) < 4.78 is 20.7.